The van der Waals surface area contributed by atoms with E-state index in [1.807, 2.05) is 25.1 Å². The van der Waals surface area contributed by atoms with Gasteiger partial charge in [-0.15, -0.1) is 0 Å². The molecule has 212 valence electrons. The van der Waals surface area contributed by atoms with Crippen molar-refractivity contribution in [2.24, 2.45) is 11.3 Å². The lowest BCUT2D eigenvalue weighted by molar-refractivity contribution is -0.123. The topological polar surface area (TPSA) is 112 Å². The molecule has 1 N–H and O–H groups in total. The van der Waals surface area contributed by atoms with Crippen LogP contribution >= 0.6 is 0 Å². The minimum absolute atomic E-state index is 0.00246. The maximum absolute atomic E-state index is 13.3. The highest BCUT2D eigenvalue weighted by molar-refractivity contribution is 5.94. The third kappa shape index (κ3) is 4.62. The Labute approximate surface area is 233 Å². The summed E-state index contributed by atoms with van der Waals surface area (Å²) >= 11 is 0. The zero-order valence-corrected chi connectivity index (χ0v) is 23.2. The van der Waals surface area contributed by atoms with Gasteiger partial charge >= 0.3 is 5.76 Å². The van der Waals surface area contributed by atoms with Gasteiger partial charge in [0.2, 0.25) is 11.8 Å². The molecular weight excluding hydrogens is 508 g/mol. The quantitative estimate of drug-likeness (QED) is 0.392. The summed E-state index contributed by atoms with van der Waals surface area (Å²) in [4.78, 5) is 30.6. The Kier molecular flexibility index (Phi) is 6.45. The van der Waals surface area contributed by atoms with Crippen LogP contribution in [-0.2, 0) is 27.9 Å². The molecule has 4 saturated carbocycles. The molecule has 5 fully saturated rings. The fourth-order valence-corrected chi connectivity index (χ4v) is 7.21. The van der Waals surface area contributed by atoms with E-state index >= 15 is 0 Å². The molecule has 0 spiro atoms. The van der Waals surface area contributed by atoms with Crippen LogP contribution in [0.1, 0.15) is 94.3 Å². The number of hydrogen-bond acceptors (Lipinski definition) is 7. The zero-order chi connectivity index (χ0) is 27.3. The standard InChI is InChI=1S/C31H38N4O5/c1-2-35-18-25(39-29(35)37)22-6-3-7-24(32-27(36)21-5-4-16-38-19-21)23(22)17-30-10-13-31(14-11-30,15-12-30)28-33-26(34-40-28)20-8-9-20/h3,6-7,18,20-21H,2,4-5,8-17,19H2,1H3,(H,32,36). The maximum atomic E-state index is 13.3. The number of rotatable bonds is 8. The summed E-state index contributed by atoms with van der Waals surface area (Å²) in [6.07, 6.45) is 13.0. The van der Waals surface area contributed by atoms with Crippen molar-refractivity contribution in [2.45, 2.75) is 95.4 Å². The highest BCUT2D eigenvalue weighted by Crippen LogP contribution is 2.59. The number of benzene rings is 1. The first-order chi connectivity index (χ1) is 19.5. The van der Waals surface area contributed by atoms with Crippen LogP contribution in [0, 0.1) is 11.3 Å². The highest BCUT2D eigenvalue weighted by atomic mass is 16.5. The van der Waals surface area contributed by atoms with E-state index < -0.39 is 0 Å². The number of hydrogen-bond donors (Lipinski definition) is 1. The van der Waals surface area contributed by atoms with E-state index in [9.17, 15) is 9.59 Å². The molecule has 3 heterocycles. The van der Waals surface area contributed by atoms with Crippen LogP contribution in [-0.4, -0.2) is 33.8 Å². The van der Waals surface area contributed by atoms with Crippen molar-refractivity contribution >= 4 is 11.6 Å². The molecule has 40 heavy (non-hydrogen) atoms. The second kappa shape index (κ2) is 10.0. The number of aromatic nitrogens is 3. The molecule has 1 unspecified atom stereocenters. The van der Waals surface area contributed by atoms with Crippen molar-refractivity contribution < 1.29 is 18.5 Å². The third-order valence-corrected chi connectivity index (χ3v) is 10.1. The fraction of sp³-hybridized carbons (Fsp3) is 0.613. The molecular formula is C31H38N4O5. The molecule has 3 aromatic rings. The Morgan fingerprint density at radius 1 is 1.12 bits per heavy atom. The van der Waals surface area contributed by atoms with Crippen LogP contribution in [0.3, 0.4) is 0 Å². The predicted molar refractivity (Wildman–Crippen MR) is 148 cm³/mol. The number of aryl methyl sites for hydroxylation is 1. The first-order valence-electron chi connectivity index (χ1n) is 15.0. The number of nitrogens with zero attached hydrogens (tertiary/aromatic N) is 3. The highest BCUT2D eigenvalue weighted by Gasteiger charge is 2.52. The van der Waals surface area contributed by atoms with E-state index in [0.717, 1.165) is 86.3 Å². The average molecular weight is 547 g/mol. The summed E-state index contributed by atoms with van der Waals surface area (Å²) < 4.78 is 18.7. The van der Waals surface area contributed by atoms with Crippen LogP contribution in [0.15, 0.2) is 38.1 Å². The summed E-state index contributed by atoms with van der Waals surface area (Å²) in [5, 5.41) is 7.56. The molecule has 1 atom stereocenters. The molecule has 2 bridgehead atoms. The van der Waals surface area contributed by atoms with E-state index in [2.05, 4.69) is 10.5 Å². The van der Waals surface area contributed by atoms with Crippen LogP contribution in [0.4, 0.5) is 5.69 Å². The van der Waals surface area contributed by atoms with Gasteiger partial charge in [-0.1, -0.05) is 17.3 Å². The van der Waals surface area contributed by atoms with E-state index in [1.54, 1.807) is 10.8 Å². The minimum Gasteiger partial charge on any atom is -0.408 e. The number of anilines is 1. The maximum Gasteiger partial charge on any atom is 0.419 e. The molecule has 0 radical (unpaired) electrons. The second-order valence-corrected chi connectivity index (χ2v) is 12.6. The number of carbonyl (C=O) groups excluding carboxylic acids is 1. The number of ether oxygens (including phenoxy) is 1. The van der Waals surface area contributed by atoms with E-state index in [0.29, 0.717) is 31.4 Å². The van der Waals surface area contributed by atoms with Crippen molar-refractivity contribution in [3.05, 3.63) is 52.2 Å². The normalized spacial score (nSPS) is 28.1. The SMILES string of the molecule is CCn1cc(-c2cccc(NC(=O)C3CCCOC3)c2CC23CCC(c4nc(C5CC5)no4)(CC2)CC3)oc1=O. The average Bonchev–Trinajstić information content (AvgIpc) is 3.59. The summed E-state index contributed by atoms with van der Waals surface area (Å²) in [6, 6.07) is 5.93. The molecule has 9 heteroatoms. The van der Waals surface area contributed by atoms with Gasteiger partial charge in [-0.3, -0.25) is 9.36 Å². The molecule has 2 aromatic heterocycles. The van der Waals surface area contributed by atoms with E-state index in [1.165, 1.54) is 12.8 Å². The Hall–Kier alpha value is -3.20. The number of oxazole rings is 1. The van der Waals surface area contributed by atoms with Crippen molar-refractivity contribution in [1.29, 1.82) is 0 Å². The van der Waals surface area contributed by atoms with Gasteiger partial charge in [0, 0.05) is 35.7 Å². The van der Waals surface area contributed by atoms with Crippen LogP contribution in [0.25, 0.3) is 11.3 Å². The smallest absolute Gasteiger partial charge is 0.408 e. The molecule has 8 rings (SSSR count). The number of fused-ring (bicyclic) bond motifs is 3. The van der Waals surface area contributed by atoms with Gasteiger partial charge in [0.15, 0.2) is 11.6 Å². The van der Waals surface area contributed by atoms with Gasteiger partial charge in [0.25, 0.3) is 0 Å². The van der Waals surface area contributed by atoms with Crippen LogP contribution in [0.5, 0.6) is 0 Å². The Morgan fingerprint density at radius 3 is 2.60 bits per heavy atom. The molecule has 1 saturated heterocycles. The van der Waals surface area contributed by atoms with Gasteiger partial charge in [0.1, 0.15) is 0 Å². The second-order valence-electron chi connectivity index (χ2n) is 12.6. The Morgan fingerprint density at radius 2 is 1.93 bits per heavy atom. The summed E-state index contributed by atoms with van der Waals surface area (Å²) in [5.74, 6) is 2.27. The van der Waals surface area contributed by atoms with E-state index in [-0.39, 0.29) is 28.4 Å². The van der Waals surface area contributed by atoms with Crippen molar-refractivity contribution in [1.82, 2.24) is 14.7 Å². The largest absolute Gasteiger partial charge is 0.419 e. The Bertz CT molecular complexity index is 1430. The first-order valence-corrected chi connectivity index (χ1v) is 15.0. The number of nitrogens with one attached hydrogen (secondary N) is 1. The molecule has 1 aliphatic heterocycles. The van der Waals surface area contributed by atoms with Crippen LogP contribution in [0.2, 0.25) is 0 Å². The number of carbonyl (C=O) groups is 1. The van der Waals surface area contributed by atoms with Gasteiger partial charge < -0.3 is 19.0 Å². The van der Waals surface area contributed by atoms with E-state index in [4.69, 9.17) is 18.7 Å². The summed E-state index contributed by atoms with van der Waals surface area (Å²) in [5.41, 5.74) is 2.84. The Balaban J connectivity index is 1.18. The first kappa shape index (κ1) is 25.7. The van der Waals surface area contributed by atoms with Gasteiger partial charge in [0.05, 0.1) is 18.7 Å². The van der Waals surface area contributed by atoms with Gasteiger partial charge in [-0.2, -0.15) is 4.98 Å². The van der Waals surface area contributed by atoms with Crippen LogP contribution < -0.4 is 11.1 Å². The monoisotopic (exact) mass is 546 g/mol. The number of amides is 1. The molecule has 4 aliphatic carbocycles. The van der Waals surface area contributed by atoms with Crippen molar-refractivity contribution in [3.8, 4) is 11.3 Å². The minimum atomic E-state index is -0.361. The zero-order valence-electron chi connectivity index (χ0n) is 23.2. The van der Waals surface area contributed by atoms with Crippen molar-refractivity contribution in [3.63, 3.8) is 0 Å². The molecule has 9 nitrogen and oxygen atoms in total. The predicted octanol–water partition coefficient (Wildman–Crippen LogP) is 5.59. The molecule has 5 aliphatic rings. The lowest BCUT2D eigenvalue weighted by Crippen LogP contribution is -2.45. The lowest BCUT2D eigenvalue weighted by Gasteiger charge is -2.52. The summed E-state index contributed by atoms with van der Waals surface area (Å²) in [6.45, 7) is 3.64. The molecule has 1 aromatic carbocycles. The van der Waals surface area contributed by atoms with Gasteiger partial charge in [-0.05, 0) is 94.6 Å². The van der Waals surface area contributed by atoms with Gasteiger partial charge in [-0.25, -0.2) is 4.79 Å². The molecule has 1 amide bonds. The van der Waals surface area contributed by atoms with Crippen molar-refractivity contribution in [2.75, 3.05) is 18.5 Å². The fourth-order valence-electron chi connectivity index (χ4n) is 7.21. The lowest BCUT2D eigenvalue weighted by atomic mass is 9.52. The third-order valence-electron chi connectivity index (χ3n) is 10.1. The summed E-state index contributed by atoms with van der Waals surface area (Å²) in [7, 11) is 0.